The summed E-state index contributed by atoms with van der Waals surface area (Å²) in [4.78, 5) is 29.7. The van der Waals surface area contributed by atoms with Crippen LogP contribution in [0.25, 0.3) is 0 Å². The third kappa shape index (κ3) is 3.53. The second-order valence-electron chi connectivity index (χ2n) is 7.59. The Kier molecular flexibility index (Phi) is 5.69. The highest BCUT2D eigenvalue weighted by Gasteiger charge is 2.52. The number of amides is 3. The lowest BCUT2D eigenvalue weighted by molar-refractivity contribution is -0.140. The van der Waals surface area contributed by atoms with Crippen molar-refractivity contribution in [2.75, 3.05) is 29.9 Å². The molecular weight excluding hydrogens is 404 g/mol. The van der Waals surface area contributed by atoms with Gasteiger partial charge >= 0.3 is 6.03 Å². The number of hydrogen-bond acceptors (Lipinski definition) is 4. The average Bonchev–Trinajstić information content (AvgIpc) is 3.21. The number of halogens is 1. The Morgan fingerprint density at radius 3 is 2.73 bits per heavy atom. The highest BCUT2D eigenvalue weighted by molar-refractivity contribution is 6.30. The fraction of sp³-hybridized carbons (Fsp3) is 0.364. The van der Waals surface area contributed by atoms with Crippen molar-refractivity contribution in [3.05, 3.63) is 59.1 Å². The van der Waals surface area contributed by atoms with E-state index in [9.17, 15) is 14.7 Å². The monoisotopic (exact) mass is 428 g/mol. The molecule has 8 heteroatoms. The maximum absolute atomic E-state index is 13.4. The summed E-state index contributed by atoms with van der Waals surface area (Å²) >= 11 is 5.99. The van der Waals surface area contributed by atoms with Crippen LogP contribution < -0.4 is 15.5 Å². The van der Waals surface area contributed by atoms with Crippen molar-refractivity contribution in [1.82, 2.24) is 10.2 Å². The number of anilines is 2. The van der Waals surface area contributed by atoms with Gasteiger partial charge in [-0.1, -0.05) is 36.7 Å². The van der Waals surface area contributed by atoms with Gasteiger partial charge < -0.3 is 15.7 Å². The van der Waals surface area contributed by atoms with Gasteiger partial charge in [0.15, 0.2) is 0 Å². The number of urea groups is 1. The Bertz CT molecular complexity index is 952. The first-order valence-electron chi connectivity index (χ1n) is 10.2. The topological polar surface area (TPSA) is 84.9 Å². The van der Waals surface area contributed by atoms with Crippen molar-refractivity contribution in [3.63, 3.8) is 0 Å². The van der Waals surface area contributed by atoms with Crippen LogP contribution in [0, 0.1) is 0 Å². The lowest BCUT2D eigenvalue weighted by atomic mass is 9.94. The number of rotatable bonds is 5. The second-order valence-corrected chi connectivity index (χ2v) is 8.03. The number of nitrogens with zero attached hydrogens (tertiary/aromatic N) is 2. The quantitative estimate of drug-likeness (QED) is 0.683. The third-order valence-corrected chi connectivity index (χ3v) is 6.13. The van der Waals surface area contributed by atoms with Gasteiger partial charge in [-0.05, 0) is 56.3 Å². The van der Waals surface area contributed by atoms with Crippen molar-refractivity contribution in [2.45, 2.75) is 31.5 Å². The molecule has 2 aromatic rings. The number of benzene rings is 2. The van der Waals surface area contributed by atoms with Crippen LogP contribution in [0.1, 0.15) is 25.3 Å². The summed E-state index contributed by atoms with van der Waals surface area (Å²) in [6, 6.07) is 12.8. The number of likely N-dealkylation sites (tertiary alicyclic amines) is 1. The number of para-hydroxylation sites is 1. The molecule has 2 unspecified atom stereocenters. The SMILES string of the molecule is CCN1CCCC1CNC(=O)C1(O)c2ccccc2NC(=O)N1c1ccc(Cl)cc1. The molecule has 2 aromatic carbocycles. The van der Waals surface area contributed by atoms with E-state index in [0.29, 0.717) is 28.5 Å². The van der Waals surface area contributed by atoms with Gasteiger partial charge in [-0.25, -0.2) is 4.79 Å². The molecule has 2 aliphatic heterocycles. The number of carbonyl (C=O) groups excluding carboxylic acids is 2. The first-order chi connectivity index (χ1) is 14.4. The van der Waals surface area contributed by atoms with Gasteiger partial charge in [0.25, 0.3) is 11.6 Å². The summed E-state index contributed by atoms with van der Waals surface area (Å²) in [5.41, 5.74) is -1.11. The van der Waals surface area contributed by atoms with Crippen LogP contribution in [0.3, 0.4) is 0 Å². The minimum absolute atomic E-state index is 0.221. The van der Waals surface area contributed by atoms with Gasteiger partial charge in [0.1, 0.15) is 0 Å². The molecule has 30 heavy (non-hydrogen) atoms. The summed E-state index contributed by atoms with van der Waals surface area (Å²) in [5.74, 6) is -0.636. The smallest absolute Gasteiger partial charge is 0.329 e. The van der Waals surface area contributed by atoms with Crippen LogP contribution in [0.15, 0.2) is 48.5 Å². The largest absolute Gasteiger partial charge is 0.359 e. The molecule has 0 saturated carbocycles. The van der Waals surface area contributed by atoms with Crippen LogP contribution >= 0.6 is 11.6 Å². The summed E-state index contributed by atoms with van der Waals surface area (Å²) in [6.45, 7) is 4.42. The standard InChI is InChI=1S/C22H25ClN4O3/c1-2-26-13-5-6-17(26)14-24-20(28)22(30)18-7-3-4-8-19(18)25-21(29)27(22)16-11-9-15(23)10-12-16/h3-4,7-12,17,30H,2,5-6,13-14H2,1H3,(H,24,28)(H,25,29). The highest BCUT2D eigenvalue weighted by atomic mass is 35.5. The van der Waals surface area contributed by atoms with Gasteiger partial charge in [-0.3, -0.25) is 14.6 Å². The summed E-state index contributed by atoms with van der Waals surface area (Å²) < 4.78 is 0. The molecule has 4 rings (SSSR count). The minimum Gasteiger partial charge on any atom is -0.359 e. The van der Waals surface area contributed by atoms with E-state index in [4.69, 9.17) is 11.6 Å². The van der Waals surface area contributed by atoms with E-state index in [1.54, 1.807) is 48.5 Å². The Hall–Kier alpha value is -2.61. The van der Waals surface area contributed by atoms with E-state index in [1.165, 1.54) is 0 Å². The van der Waals surface area contributed by atoms with Crippen molar-refractivity contribution in [3.8, 4) is 0 Å². The number of fused-ring (bicyclic) bond motifs is 1. The Balaban J connectivity index is 1.70. The zero-order valence-corrected chi connectivity index (χ0v) is 17.5. The van der Waals surface area contributed by atoms with E-state index in [0.717, 1.165) is 30.8 Å². The zero-order chi connectivity index (χ0) is 21.3. The van der Waals surface area contributed by atoms with Crippen molar-refractivity contribution >= 4 is 34.9 Å². The first-order valence-corrected chi connectivity index (χ1v) is 10.5. The van der Waals surface area contributed by atoms with Gasteiger partial charge in [0.2, 0.25) is 0 Å². The van der Waals surface area contributed by atoms with E-state index in [1.807, 2.05) is 0 Å². The summed E-state index contributed by atoms with van der Waals surface area (Å²) in [7, 11) is 0. The number of carbonyl (C=O) groups is 2. The van der Waals surface area contributed by atoms with Crippen molar-refractivity contribution < 1.29 is 14.7 Å². The molecule has 0 aromatic heterocycles. The number of hydrogen-bond donors (Lipinski definition) is 3. The Morgan fingerprint density at radius 1 is 1.27 bits per heavy atom. The fourth-order valence-electron chi connectivity index (χ4n) is 4.33. The van der Waals surface area contributed by atoms with Crippen LogP contribution in [0.2, 0.25) is 5.02 Å². The van der Waals surface area contributed by atoms with Crippen LogP contribution in [0.4, 0.5) is 16.2 Å². The summed E-state index contributed by atoms with van der Waals surface area (Å²) in [6.07, 6.45) is 2.07. The highest BCUT2D eigenvalue weighted by Crippen LogP contribution is 2.40. The van der Waals surface area contributed by atoms with E-state index >= 15 is 0 Å². The third-order valence-electron chi connectivity index (χ3n) is 5.88. The molecule has 2 aliphatic rings. The molecule has 1 fully saturated rings. The second kappa shape index (κ2) is 8.26. The molecule has 7 nitrogen and oxygen atoms in total. The molecule has 0 radical (unpaired) electrons. The molecule has 3 N–H and O–H groups in total. The van der Waals surface area contributed by atoms with Crippen LogP contribution in [-0.4, -0.2) is 47.6 Å². The number of aliphatic hydroxyl groups is 1. The van der Waals surface area contributed by atoms with Gasteiger partial charge in [0.05, 0.1) is 5.69 Å². The van der Waals surface area contributed by atoms with Gasteiger partial charge in [-0.2, -0.15) is 0 Å². The molecule has 2 heterocycles. The van der Waals surface area contributed by atoms with E-state index < -0.39 is 17.7 Å². The predicted molar refractivity (Wildman–Crippen MR) is 117 cm³/mol. The van der Waals surface area contributed by atoms with Crippen molar-refractivity contribution in [2.24, 2.45) is 0 Å². The lowest BCUT2D eigenvalue weighted by Crippen LogP contribution is -2.63. The molecule has 3 amide bonds. The molecule has 0 spiro atoms. The van der Waals surface area contributed by atoms with Crippen molar-refractivity contribution in [1.29, 1.82) is 0 Å². The first kappa shape index (κ1) is 20.7. The Labute approximate surface area is 180 Å². The molecule has 158 valence electrons. The molecule has 2 atom stereocenters. The van der Waals surface area contributed by atoms with Gasteiger partial charge in [0, 0.05) is 28.9 Å². The average molecular weight is 429 g/mol. The van der Waals surface area contributed by atoms with Crippen LogP contribution in [-0.2, 0) is 10.5 Å². The fourth-order valence-corrected chi connectivity index (χ4v) is 4.46. The van der Waals surface area contributed by atoms with Crippen LogP contribution in [0.5, 0.6) is 0 Å². The van der Waals surface area contributed by atoms with E-state index in [2.05, 4.69) is 22.5 Å². The summed E-state index contributed by atoms with van der Waals surface area (Å²) in [5, 5.41) is 17.9. The lowest BCUT2D eigenvalue weighted by Gasteiger charge is -2.42. The van der Waals surface area contributed by atoms with E-state index in [-0.39, 0.29) is 6.04 Å². The van der Waals surface area contributed by atoms with Gasteiger partial charge in [-0.15, -0.1) is 0 Å². The number of likely N-dealkylation sites (N-methyl/N-ethyl adjacent to an activating group) is 1. The molecule has 1 saturated heterocycles. The maximum atomic E-state index is 13.4. The molecule has 0 bridgehead atoms. The zero-order valence-electron chi connectivity index (χ0n) is 16.8. The Morgan fingerprint density at radius 2 is 2.00 bits per heavy atom. The predicted octanol–water partition coefficient (Wildman–Crippen LogP) is 3.14. The molecular formula is C22H25ClN4O3. The maximum Gasteiger partial charge on any atom is 0.329 e. The molecule has 0 aliphatic carbocycles. The normalized spacial score (nSPS) is 23.8. The number of nitrogens with one attached hydrogen (secondary N) is 2. The minimum atomic E-state index is -2.19.